The van der Waals surface area contributed by atoms with Gasteiger partial charge >= 0.3 is 0 Å². The fourth-order valence-electron chi connectivity index (χ4n) is 1.87. The Balaban J connectivity index is 2.10. The minimum Gasteiger partial charge on any atom is -0.295 e. The lowest BCUT2D eigenvalue weighted by atomic mass is 10.1. The van der Waals surface area contributed by atoms with E-state index in [2.05, 4.69) is 10.2 Å². The van der Waals surface area contributed by atoms with Gasteiger partial charge in [0.1, 0.15) is 5.15 Å². The van der Waals surface area contributed by atoms with Crippen molar-refractivity contribution in [1.29, 1.82) is 0 Å². The van der Waals surface area contributed by atoms with E-state index in [-0.39, 0.29) is 30.5 Å². The number of hydrogen-bond donors (Lipinski definition) is 2. The first-order chi connectivity index (χ1) is 7.85. The monoisotopic (exact) mass is 278 g/mol. The van der Waals surface area contributed by atoms with Crippen LogP contribution in [0.25, 0.3) is 0 Å². The lowest BCUT2D eigenvalue weighted by Gasteiger charge is -2.12. The predicted octanol–water partition coefficient (Wildman–Crippen LogP) is -0.295. The molecule has 17 heavy (non-hydrogen) atoms. The maximum atomic E-state index is 11.7. The summed E-state index contributed by atoms with van der Waals surface area (Å²) < 4.78 is 21.9. The third-order valence-electron chi connectivity index (χ3n) is 2.48. The highest BCUT2D eigenvalue weighted by molar-refractivity contribution is 7.89. The second-order valence-electron chi connectivity index (χ2n) is 3.98. The lowest BCUT2D eigenvalue weighted by Crippen LogP contribution is -2.27. The molecule has 0 aliphatic carbocycles. The van der Waals surface area contributed by atoms with Crippen molar-refractivity contribution < 1.29 is 13.2 Å². The minimum absolute atomic E-state index is 0.154. The average Bonchev–Trinajstić information content (AvgIpc) is 2.70. The van der Waals surface area contributed by atoms with E-state index in [4.69, 9.17) is 16.7 Å². The zero-order valence-electron chi connectivity index (χ0n) is 8.76. The number of carbonyl (C=O) groups is 1. The molecular weight excluding hydrogens is 268 g/mol. The molecule has 1 aliphatic heterocycles. The molecule has 1 unspecified atom stereocenters. The van der Waals surface area contributed by atoms with Gasteiger partial charge in [-0.05, 0) is 0 Å². The fraction of sp³-hybridized carbons (Fsp3) is 0.500. The molecule has 1 atom stereocenters. The van der Waals surface area contributed by atoms with Crippen LogP contribution in [0, 0.1) is 5.92 Å². The number of hydrogen-bond acceptors (Lipinski definition) is 4. The molecule has 2 rings (SSSR count). The van der Waals surface area contributed by atoms with E-state index in [9.17, 15) is 13.2 Å². The van der Waals surface area contributed by atoms with E-state index in [1.165, 1.54) is 11.0 Å². The van der Waals surface area contributed by atoms with Crippen LogP contribution in [0.4, 0.5) is 5.82 Å². The number of rotatable bonds is 3. The van der Waals surface area contributed by atoms with Crippen LogP contribution in [0.2, 0.25) is 5.15 Å². The van der Waals surface area contributed by atoms with Crippen LogP contribution >= 0.6 is 11.6 Å². The third-order valence-corrected chi connectivity index (χ3v) is 3.61. The molecule has 1 aliphatic rings. The van der Waals surface area contributed by atoms with Crippen molar-refractivity contribution in [2.45, 2.75) is 6.42 Å². The van der Waals surface area contributed by atoms with Crippen LogP contribution in [0.3, 0.4) is 0 Å². The summed E-state index contributed by atoms with van der Waals surface area (Å²) in [6.07, 6.45) is 0.154. The van der Waals surface area contributed by atoms with Crippen LogP contribution in [0.1, 0.15) is 6.42 Å². The SMILES string of the molecule is NS(=O)(=O)CC1CC(=O)N(c2cc(Cl)[nH]n2)C1. The van der Waals surface area contributed by atoms with E-state index in [0.29, 0.717) is 11.0 Å². The van der Waals surface area contributed by atoms with E-state index in [1.807, 2.05) is 0 Å². The van der Waals surface area contributed by atoms with Gasteiger partial charge in [0.2, 0.25) is 15.9 Å². The number of nitrogens with two attached hydrogens (primary N) is 1. The molecule has 0 spiro atoms. The van der Waals surface area contributed by atoms with Gasteiger partial charge in [0.05, 0.1) is 5.75 Å². The first-order valence-electron chi connectivity index (χ1n) is 4.87. The van der Waals surface area contributed by atoms with Crippen LogP contribution in [-0.2, 0) is 14.8 Å². The number of primary sulfonamides is 1. The summed E-state index contributed by atoms with van der Waals surface area (Å²) in [6, 6.07) is 1.51. The summed E-state index contributed by atoms with van der Waals surface area (Å²) in [4.78, 5) is 13.1. The minimum atomic E-state index is -3.56. The van der Waals surface area contributed by atoms with Crippen LogP contribution in [0.15, 0.2) is 6.07 Å². The first kappa shape index (κ1) is 12.3. The Hall–Kier alpha value is -1.12. The van der Waals surface area contributed by atoms with Gasteiger partial charge in [-0.15, -0.1) is 0 Å². The van der Waals surface area contributed by atoms with Crippen molar-refractivity contribution in [1.82, 2.24) is 10.2 Å². The van der Waals surface area contributed by atoms with Crippen molar-refractivity contribution in [3.63, 3.8) is 0 Å². The summed E-state index contributed by atoms with van der Waals surface area (Å²) in [5, 5.41) is 11.6. The molecular formula is C8H11ClN4O3S. The molecule has 9 heteroatoms. The van der Waals surface area contributed by atoms with Crippen molar-refractivity contribution in [2.75, 3.05) is 17.2 Å². The standard InChI is InChI=1S/C8H11ClN4O3S/c9-6-2-7(12-11-6)13-3-5(1-8(13)14)4-17(10,15)16/h2,5H,1,3-4H2,(H,11,12)(H2,10,15,16). The third kappa shape index (κ3) is 2.96. The summed E-state index contributed by atoms with van der Waals surface area (Å²) in [7, 11) is -3.56. The van der Waals surface area contributed by atoms with E-state index in [1.54, 1.807) is 0 Å². The summed E-state index contributed by atoms with van der Waals surface area (Å²) in [6.45, 7) is 0.288. The van der Waals surface area contributed by atoms with Crippen LogP contribution in [-0.4, -0.2) is 36.8 Å². The van der Waals surface area contributed by atoms with Crippen molar-refractivity contribution in [3.05, 3.63) is 11.2 Å². The van der Waals surface area contributed by atoms with Gasteiger partial charge in [0.25, 0.3) is 0 Å². The molecule has 1 fully saturated rings. The van der Waals surface area contributed by atoms with Gasteiger partial charge in [-0.1, -0.05) is 11.6 Å². The van der Waals surface area contributed by atoms with Crippen LogP contribution < -0.4 is 10.0 Å². The molecule has 94 valence electrons. The van der Waals surface area contributed by atoms with Gasteiger partial charge in [0, 0.05) is 24.9 Å². The Labute approximate surface area is 103 Å². The molecule has 1 amide bonds. The summed E-state index contributed by atoms with van der Waals surface area (Å²) in [5.41, 5.74) is 0. The van der Waals surface area contributed by atoms with Gasteiger partial charge in [-0.3, -0.25) is 14.8 Å². The van der Waals surface area contributed by atoms with E-state index >= 15 is 0 Å². The quantitative estimate of drug-likeness (QED) is 0.791. The Bertz CT molecular complexity index is 541. The molecule has 1 aromatic rings. The number of sulfonamides is 1. The van der Waals surface area contributed by atoms with Gasteiger partial charge in [-0.2, -0.15) is 5.10 Å². The summed E-state index contributed by atoms with van der Waals surface area (Å²) in [5.74, 6) is -0.278. The highest BCUT2D eigenvalue weighted by atomic mass is 35.5. The number of carbonyl (C=O) groups excluding carboxylic acids is 1. The topological polar surface area (TPSA) is 109 Å². The lowest BCUT2D eigenvalue weighted by molar-refractivity contribution is -0.117. The number of H-pyrrole nitrogens is 1. The number of halogens is 1. The Morgan fingerprint density at radius 2 is 2.35 bits per heavy atom. The number of amides is 1. The van der Waals surface area contributed by atoms with Crippen molar-refractivity contribution in [2.24, 2.45) is 11.1 Å². The zero-order valence-corrected chi connectivity index (χ0v) is 10.3. The highest BCUT2D eigenvalue weighted by Gasteiger charge is 2.33. The van der Waals surface area contributed by atoms with Crippen molar-refractivity contribution >= 4 is 33.3 Å². The normalized spacial score (nSPS) is 21.2. The molecule has 3 N–H and O–H groups in total. The number of aromatic nitrogens is 2. The van der Waals surface area contributed by atoms with Crippen molar-refractivity contribution in [3.8, 4) is 0 Å². The molecule has 0 bridgehead atoms. The second kappa shape index (κ2) is 4.28. The van der Waals surface area contributed by atoms with E-state index in [0.717, 1.165) is 0 Å². The Kier molecular flexibility index (Phi) is 3.11. The largest absolute Gasteiger partial charge is 0.295 e. The molecule has 0 saturated carbocycles. The summed E-state index contributed by atoms with van der Waals surface area (Å²) >= 11 is 5.66. The maximum Gasteiger partial charge on any atom is 0.228 e. The van der Waals surface area contributed by atoms with E-state index < -0.39 is 10.0 Å². The van der Waals surface area contributed by atoms with Gasteiger partial charge < -0.3 is 0 Å². The maximum absolute atomic E-state index is 11.7. The fourth-order valence-corrected chi connectivity index (χ4v) is 2.89. The van der Waals surface area contributed by atoms with Gasteiger partial charge in [-0.25, -0.2) is 13.6 Å². The first-order valence-corrected chi connectivity index (χ1v) is 6.96. The molecule has 0 aromatic carbocycles. The molecule has 1 saturated heterocycles. The number of anilines is 1. The average molecular weight is 279 g/mol. The number of aromatic amines is 1. The Morgan fingerprint density at radius 1 is 1.65 bits per heavy atom. The number of nitrogens with one attached hydrogen (secondary N) is 1. The smallest absolute Gasteiger partial charge is 0.228 e. The number of nitrogens with zero attached hydrogens (tertiary/aromatic N) is 2. The van der Waals surface area contributed by atoms with Gasteiger partial charge in [0.15, 0.2) is 5.82 Å². The molecule has 7 nitrogen and oxygen atoms in total. The van der Waals surface area contributed by atoms with Crippen LogP contribution in [0.5, 0.6) is 0 Å². The molecule has 1 aromatic heterocycles. The molecule has 2 heterocycles. The second-order valence-corrected chi connectivity index (χ2v) is 6.04. The zero-order chi connectivity index (χ0) is 12.6. The predicted molar refractivity (Wildman–Crippen MR) is 62.0 cm³/mol. The highest BCUT2D eigenvalue weighted by Crippen LogP contribution is 2.25. The Morgan fingerprint density at radius 3 is 2.88 bits per heavy atom. The molecule has 0 radical (unpaired) electrons.